The number of benzene rings is 2. The zero-order valence-corrected chi connectivity index (χ0v) is 16.4. The lowest BCUT2D eigenvalue weighted by Crippen LogP contribution is -2.20. The van der Waals surface area contributed by atoms with Crippen molar-refractivity contribution in [3.05, 3.63) is 83.7 Å². The summed E-state index contributed by atoms with van der Waals surface area (Å²) in [5, 5.41) is 21.7. The molecule has 152 valence electrons. The van der Waals surface area contributed by atoms with Crippen molar-refractivity contribution in [2.75, 3.05) is 11.9 Å². The highest BCUT2D eigenvalue weighted by Gasteiger charge is 2.21. The number of pyridine rings is 1. The lowest BCUT2D eigenvalue weighted by atomic mass is 10.1. The van der Waals surface area contributed by atoms with E-state index in [1.807, 2.05) is 25.1 Å². The smallest absolute Gasteiger partial charge is 0.330 e. The number of nitrogens with zero attached hydrogens (tertiary/aromatic N) is 2. The molecular weight excluding hydrogens is 382 g/mol. The number of rotatable bonds is 9. The maximum atomic E-state index is 12.0. The highest BCUT2D eigenvalue weighted by molar-refractivity contribution is 5.79. The summed E-state index contributed by atoms with van der Waals surface area (Å²) in [4.78, 5) is 16.0. The van der Waals surface area contributed by atoms with Crippen molar-refractivity contribution in [1.29, 1.82) is 5.26 Å². The Kier molecular flexibility index (Phi) is 6.85. The number of hydrogen-bond acceptors (Lipinski definition) is 6. The summed E-state index contributed by atoms with van der Waals surface area (Å²) in [6, 6.07) is 16.4. The summed E-state index contributed by atoms with van der Waals surface area (Å²) in [6.45, 7) is 2.61. The van der Waals surface area contributed by atoms with E-state index < -0.39 is 12.0 Å². The van der Waals surface area contributed by atoms with Crippen LogP contribution in [0.3, 0.4) is 0 Å². The fourth-order valence-corrected chi connectivity index (χ4v) is 2.83. The topological polar surface area (TPSA) is 104 Å². The van der Waals surface area contributed by atoms with Crippen LogP contribution < -0.4 is 14.8 Å². The first-order valence-corrected chi connectivity index (χ1v) is 9.38. The van der Waals surface area contributed by atoms with Gasteiger partial charge in [0.05, 0.1) is 18.2 Å². The zero-order chi connectivity index (χ0) is 21.3. The molecule has 0 amide bonds. The van der Waals surface area contributed by atoms with Crippen LogP contribution in [0, 0.1) is 11.3 Å². The molecule has 0 fully saturated rings. The van der Waals surface area contributed by atoms with Crippen molar-refractivity contribution in [2.45, 2.75) is 19.6 Å². The van der Waals surface area contributed by atoms with Gasteiger partial charge in [0.2, 0.25) is 0 Å². The van der Waals surface area contributed by atoms with E-state index in [1.54, 1.807) is 54.9 Å². The number of ether oxygens (including phenoxy) is 2. The first-order valence-electron chi connectivity index (χ1n) is 9.38. The molecule has 0 saturated heterocycles. The van der Waals surface area contributed by atoms with E-state index in [0.717, 1.165) is 5.56 Å². The van der Waals surface area contributed by atoms with Gasteiger partial charge in [0.25, 0.3) is 0 Å². The molecule has 1 atom stereocenters. The molecule has 0 aliphatic carbocycles. The molecule has 0 spiro atoms. The molecule has 3 aromatic rings. The Morgan fingerprint density at radius 3 is 2.37 bits per heavy atom. The number of nitrogens with one attached hydrogen (secondary N) is 1. The Morgan fingerprint density at radius 1 is 1.10 bits per heavy atom. The van der Waals surface area contributed by atoms with E-state index in [4.69, 9.17) is 14.7 Å². The second kappa shape index (κ2) is 9.94. The van der Waals surface area contributed by atoms with Gasteiger partial charge in [0.1, 0.15) is 18.1 Å². The van der Waals surface area contributed by atoms with Crippen LogP contribution in [-0.2, 0) is 11.4 Å². The van der Waals surface area contributed by atoms with Crippen LogP contribution in [0.15, 0.2) is 67.0 Å². The number of anilines is 1. The number of carbonyl (C=O) groups is 1. The Labute approximate surface area is 174 Å². The van der Waals surface area contributed by atoms with Crippen molar-refractivity contribution in [2.24, 2.45) is 0 Å². The van der Waals surface area contributed by atoms with Gasteiger partial charge in [-0.3, -0.25) is 4.98 Å². The lowest BCUT2D eigenvalue weighted by Gasteiger charge is -2.19. The van der Waals surface area contributed by atoms with Crippen LogP contribution in [0.1, 0.15) is 29.7 Å². The third-order valence-corrected chi connectivity index (χ3v) is 4.27. The minimum atomic E-state index is -1.05. The summed E-state index contributed by atoms with van der Waals surface area (Å²) in [5.74, 6) is -0.0265. The number of hydrogen-bond donors (Lipinski definition) is 2. The van der Waals surface area contributed by atoms with Crippen LogP contribution in [0.2, 0.25) is 0 Å². The number of carboxylic acids is 1. The highest BCUT2D eigenvalue weighted by Crippen LogP contribution is 2.30. The van der Waals surface area contributed by atoms with Crippen molar-refractivity contribution in [3.8, 4) is 17.6 Å². The summed E-state index contributed by atoms with van der Waals surface area (Å²) < 4.78 is 11.5. The average molecular weight is 403 g/mol. The fourth-order valence-electron chi connectivity index (χ4n) is 2.83. The molecule has 2 N–H and O–H groups in total. The summed E-state index contributed by atoms with van der Waals surface area (Å²) in [7, 11) is 0. The van der Waals surface area contributed by atoms with E-state index in [-0.39, 0.29) is 0 Å². The second-order valence-electron chi connectivity index (χ2n) is 6.42. The summed E-state index contributed by atoms with van der Waals surface area (Å²) >= 11 is 0. The third kappa shape index (κ3) is 5.49. The predicted molar refractivity (Wildman–Crippen MR) is 111 cm³/mol. The Morgan fingerprint density at radius 2 is 1.77 bits per heavy atom. The quantitative estimate of drug-likeness (QED) is 0.552. The third-order valence-electron chi connectivity index (χ3n) is 4.27. The van der Waals surface area contributed by atoms with Gasteiger partial charge >= 0.3 is 5.97 Å². The van der Waals surface area contributed by atoms with Crippen LogP contribution in [0.25, 0.3) is 0 Å². The monoisotopic (exact) mass is 403 g/mol. The first kappa shape index (κ1) is 20.7. The maximum Gasteiger partial charge on any atom is 0.330 e. The van der Waals surface area contributed by atoms with Gasteiger partial charge in [0.15, 0.2) is 6.04 Å². The molecular formula is C23H21N3O4. The summed E-state index contributed by atoms with van der Waals surface area (Å²) in [5.41, 5.74) is 2.52. The molecule has 1 heterocycles. The molecule has 7 nitrogen and oxygen atoms in total. The number of aliphatic carboxylic acids is 1. The predicted octanol–water partition coefficient (Wildman–Crippen LogP) is 4.17. The molecule has 7 heteroatoms. The van der Waals surface area contributed by atoms with Crippen LogP contribution in [-0.4, -0.2) is 22.7 Å². The highest BCUT2D eigenvalue weighted by atomic mass is 16.5. The van der Waals surface area contributed by atoms with Crippen molar-refractivity contribution >= 4 is 11.7 Å². The Bertz CT molecular complexity index is 1030. The van der Waals surface area contributed by atoms with Crippen molar-refractivity contribution in [1.82, 2.24) is 4.98 Å². The van der Waals surface area contributed by atoms with E-state index in [0.29, 0.717) is 41.5 Å². The molecule has 0 aliphatic heterocycles. The van der Waals surface area contributed by atoms with E-state index in [1.165, 1.54) is 0 Å². The van der Waals surface area contributed by atoms with Gasteiger partial charge in [-0.25, -0.2) is 4.79 Å². The first-order chi connectivity index (χ1) is 14.6. The van der Waals surface area contributed by atoms with Gasteiger partial charge in [0, 0.05) is 24.1 Å². The number of aromatic nitrogens is 1. The van der Waals surface area contributed by atoms with Crippen LogP contribution >= 0.6 is 0 Å². The lowest BCUT2D eigenvalue weighted by molar-refractivity contribution is -0.138. The van der Waals surface area contributed by atoms with Crippen molar-refractivity contribution in [3.63, 3.8) is 0 Å². The molecule has 0 aliphatic rings. The largest absolute Gasteiger partial charge is 0.494 e. The average Bonchev–Trinajstić information content (AvgIpc) is 2.77. The molecule has 3 rings (SSSR count). The number of nitriles is 1. The molecule has 0 unspecified atom stereocenters. The number of carboxylic acid groups (broad SMARTS) is 1. The van der Waals surface area contributed by atoms with Crippen molar-refractivity contribution < 1.29 is 19.4 Å². The molecule has 0 bridgehead atoms. The molecule has 0 saturated carbocycles. The van der Waals surface area contributed by atoms with Gasteiger partial charge < -0.3 is 19.9 Å². The van der Waals surface area contributed by atoms with E-state index >= 15 is 0 Å². The van der Waals surface area contributed by atoms with E-state index in [9.17, 15) is 9.90 Å². The normalized spacial score (nSPS) is 11.2. The standard InChI is InChI=1S/C23H21N3O4/c1-2-29-20-11-18(12-21(13-20)30-15-17-7-9-25-10-8-17)22(23(27)28)26-19-5-3-16(14-24)4-6-19/h3-13,22,26H,2,15H2,1H3,(H,27,28)/t22-/m1/s1. The molecule has 2 aromatic carbocycles. The Balaban J connectivity index is 1.86. The minimum absolute atomic E-state index is 0.318. The molecule has 0 radical (unpaired) electrons. The minimum Gasteiger partial charge on any atom is -0.494 e. The van der Waals surface area contributed by atoms with Crippen LogP contribution in [0.5, 0.6) is 11.5 Å². The van der Waals surface area contributed by atoms with Gasteiger partial charge in [-0.2, -0.15) is 5.26 Å². The molecule has 30 heavy (non-hydrogen) atoms. The zero-order valence-electron chi connectivity index (χ0n) is 16.4. The molecule has 1 aromatic heterocycles. The van der Waals surface area contributed by atoms with Gasteiger partial charge in [-0.1, -0.05) is 0 Å². The van der Waals surface area contributed by atoms with Crippen LogP contribution in [0.4, 0.5) is 5.69 Å². The Hall–Kier alpha value is -4.05. The SMILES string of the molecule is CCOc1cc(OCc2ccncc2)cc([C@@H](Nc2ccc(C#N)cc2)C(=O)O)c1. The summed E-state index contributed by atoms with van der Waals surface area (Å²) in [6.07, 6.45) is 3.37. The van der Waals surface area contributed by atoms with Gasteiger partial charge in [-0.15, -0.1) is 0 Å². The fraction of sp³-hybridized carbons (Fsp3) is 0.174. The maximum absolute atomic E-state index is 12.0. The van der Waals surface area contributed by atoms with Gasteiger partial charge in [-0.05, 0) is 66.6 Å². The van der Waals surface area contributed by atoms with E-state index in [2.05, 4.69) is 10.3 Å². The second-order valence-corrected chi connectivity index (χ2v) is 6.42.